The van der Waals surface area contributed by atoms with Crippen LogP contribution in [0, 0.1) is 5.92 Å². The number of nitrogens with zero attached hydrogens (tertiary/aromatic N) is 3. The van der Waals surface area contributed by atoms with E-state index in [0.717, 1.165) is 16.7 Å². The van der Waals surface area contributed by atoms with Gasteiger partial charge in [-0.1, -0.05) is 25.6 Å². The molecule has 5 nitrogen and oxygen atoms in total. The predicted molar refractivity (Wildman–Crippen MR) is 71.4 cm³/mol. The standard InChI is InChI=1S/C12H20N4OS/c1-8(2)7-18-12-15-14-11(9-3-4-9)16(12)6-5-10(13)17/h8-9H,3-7H2,1-2H3,(H2,13,17). The summed E-state index contributed by atoms with van der Waals surface area (Å²) in [5.74, 6) is 2.92. The van der Waals surface area contributed by atoms with Gasteiger partial charge in [0.05, 0.1) is 0 Å². The van der Waals surface area contributed by atoms with Crippen LogP contribution in [-0.4, -0.2) is 26.4 Å². The summed E-state index contributed by atoms with van der Waals surface area (Å²) in [5, 5.41) is 9.45. The normalized spacial score (nSPS) is 15.3. The second kappa shape index (κ2) is 5.73. The number of carbonyl (C=O) groups is 1. The van der Waals surface area contributed by atoms with Crippen molar-refractivity contribution in [3.63, 3.8) is 0 Å². The first-order valence-electron chi connectivity index (χ1n) is 6.42. The number of thioether (sulfide) groups is 1. The van der Waals surface area contributed by atoms with Crippen molar-refractivity contribution in [2.45, 2.75) is 50.7 Å². The van der Waals surface area contributed by atoms with Crippen molar-refractivity contribution in [1.82, 2.24) is 14.8 Å². The molecule has 1 saturated carbocycles. The van der Waals surface area contributed by atoms with Crippen LogP contribution in [0.3, 0.4) is 0 Å². The van der Waals surface area contributed by atoms with Gasteiger partial charge in [0.1, 0.15) is 5.82 Å². The molecule has 6 heteroatoms. The molecule has 0 atom stereocenters. The Morgan fingerprint density at radius 2 is 2.22 bits per heavy atom. The van der Waals surface area contributed by atoms with Gasteiger partial charge in [0, 0.05) is 24.6 Å². The quantitative estimate of drug-likeness (QED) is 0.765. The van der Waals surface area contributed by atoms with E-state index >= 15 is 0 Å². The molecule has 1 amide bonds. The number of nitrogens with two attached hydrogens (primary N) is 1. The summed E-state index contributed by atoms with van der Waals surface area (Å²) in [4.78, 5) is 10.9. The second-order valence-electron chi connectivity index (χ2n) is 5.19. The Morgan fingerprint density at radius 1 is 1.50 bits per heavy atom. The van der Waals surface area contributed by atoms with Crippen LogP contribution in [0.4, 0.5) is 0 Å². The minimum absolute atomic E-state index is 0.273. The second-order valence-corrected chi connectivity index (χ2v) is 6.18. The molecule has 1 fully saturated rings. The lowest BCUT2D eigenvalue weighted by atomic mass is 10.3. The van der Waals surface area contributed by atoms with Gasteiger partial charge >= 0.3 is 0 Å². The first-order valence-corrected chi connectivity index (χ1v) is 7.40. The molecule has 1 aliphatic rings. The zero-order valence-corrected chi connectivity index (χ0v) is 11.7. The van der Waals surface area contributed by atoms with E-state index in [1.165, 1.54) is 12.8 Å². The minimum atomic E-state index is -0.273. The molecule has 0 aliphatic heterocycles. The van der Waals surface area contributed by atoms with Crippen molar-refractivity contribution in [2.24, 2.45) is 11.7 Å². The van der Waals surface area contributed by atoms with Crippen LogP contribution in [0.1, 0.15) is 44.9 Å². The molecular formula is C12H20N4OS. The van der Waals surface area contributed by atoms with Gasteiger partial charge in [0.15, 0.2) is 5.16 Å². The Morgan fingerprint density at radius 3 is 2.78 bits per heavy atom. The largest absolute Gasteiger partial charge is 0.370 e. The van der Waals surface area contributed by atoms with Gasteiger partial charge in [-0.05, 0) is 18.8 Å². The number of hydrogen-bond acceptors (Lipinski definition) is 4. The maximum Gasteiger partial charge on any atom is 0.219 e. The lowest BCUT2D eigenvalue weighted by molar-refractivity contribution is -0.118. The molecule has 0 radical (unpaired) electrons. The van der Waals surface area contributed by atoms with E-state index in [4.69, 9.17) is 5.73 Å². The lowest BCUT2D eigenvalue weighted by Gasteiger charge is -2.09. The van der Waals surface area contributed by atoms with E-state index in [1.54, 1.807) is 11.8 Å². The van der Waals surface area contributed by atoms with Crippen LogP contribution in [0.5, 0.6) is 0 Å². The predicted octanol–water partition coefficient (Wildman–Crippen LogP) is 1.78. The van der Waals surface area contributed by atoms with Gasteiger partial charge in [0.2, 0.25) is 5.91 Å². The van der Waals surface area contributed by atoms with Crippen LogP contribution < -0.4 is 5.73 Å². The fourth-order valence-electron chi connectivity index (χ4n) is 1.72. The average molecular weight is 268 g/mol. The molecule has 2 N–H and O–H groups in total. The number of carbonyl (C=O) groups excluding carboxylic acids is 1. The molecule has 0 unspecified atom stereocenters. The summed E-state index contributed by atoms with van der Waals surface area (Å²) in [6.07, 6.45) is 2.72. The van der Waals surface area contributed by atoms with Crippen LogP contribution in [0.2, 0.25) is 0 Å². The summed E-state index contributed by atoms with van der Waals surface area (Å²) < 4.78 is 2.08. The summed E-state index contributed by atoms with van der Waals surface area (Å²) in [6, 6.07) is 0. The summed E-state index contributed by atoms with van der Waals surface area (Å²) in [5.41, 5.74) is 5.22. The molecule has 0 saturated heterocycles. The monoisotopic (exact) mass is 268 g/mol. The minimum Gasteiger partial charge on any atom is -0.370 e. The van der Waals surface area contributed by atoms with Crippen LogP contribution in [-0.2, 0) is 11.3 Å². The fourth-order valence-corrected chi connectivity index (χ4v) is 2.65. The van der Waals surface area contributed by atoms with Crippen molar-refractivity contribution in [3.05, 3.63) is 5.82 Å². The molecule has 18 heavy (non-hydrogen) atoms. The van der Waals surface area contributed by atoms with Gasteiger partial charge in [-0.25, -0.2) is 0 Å². The number of rotatable bonds is 7. The Kier molecular flexibility index (Phi) is 4.27. The van der Waals surface area contributed by atoms with E-state index in [-0.39, 0.29) is 5.91 Å². The molecule has 1 aromatic heterocycles. The summed E-state index contributed by atoms with van der Waals surface area (Å²) >= 11 is 1.71. The van der Waals surface area contributed by atoms with E-state index in [0.29, 0.717) is 24.8 Å². The van der Waals surface area contributed by atoms with E-state index in [9.17, 15) is 4.79 Å². The Bertz CT molecular complexity index is 426. The van der Waals surface area contributed by atoms with E-state index in [1.807, 2.05) is 0 Å². The summed E-state index contributed by atoms with van der Waals surface area (Å²) in [6.45, 7) is 4.96. The lowest BCUT2D eigenvalue weighted by Crippen LogP contribution is -2.15. The molecule has 0 aromatic carbocycles. The van der Waals surface area contributed by atoms with Gasteiger partial charge in [-0.15, -0.1) is 10.2 Å². The molecule has 0 spiro atoms. The summed E-state index contributed by atoms with van der Waals surface area (Å²) in [7, 11) is 0. The molecule has 1 aromatic rings. The number of primary amides is 1. The van der Waals surface area contributed by atoms with Crippen molar-refractivity contribution in [3.8, 4) is 0 Å². The fraction of sp³-hybridized carbons (Fsp3) is 0.750. The maximum atomic E-state index is 10.9. The van der Waals surface area contributed by atoms with E-state index in [2.05, 4.69) is 28.6 Å². The van der Waals surface area contributed by atoms with Crippen molar-refractivity contribution in [1.29, 1.82) is 0 Å². The maximum absolute atomic E-state index is 10.9. The van der Waals surface area contributed by atoms with E-state index < -0.39 is 0 Å². The highest BCUT2D eigenvalue weighted by Gasteiger charge is 2.30. The van der Waals surface area contributed by atoms with Crippen LogP contribution in [0.15, 0.2) is 5.16 Å². The molecule has 1 heterocycles. The molecule has 0 bridgehead atoms. The molecule has 1 aliphatic carbocycles. The SMILES string of the molecule is CC(C)CSc1nnc(C2CC2)n1CCC(N)=O. The molecule has 2 rings (SSSR count). The third kappa shape index (κ3) is 3.48. The highest BCUT2D eigenvalue weighted by atomic mass is 32.2. The topological polar surface area (TPSA) is 73.8 Å². The number of aromatic nitrogens is 3. The zero-order chi connectivity index (χ0) is 13.1. The number of hydrogen-bond donors (Lipinski definition) is 1. The Hall–Kier alpha value is -1.04. The number of amides is 1. The molecular weight excluding hydrogens is 248 g/mol. The van der Waals surface area contributed by atoms with Gasteiger partial charge in [-0.2, -0.15) is 0 Å². The van der Waals surface area contributed by atoms with Crippen LogP contribution >= 0.6 is 11.8 Å². The average Bonchev–Trinajstić information content (AvgIpc) is 3.05. The Labute approximate surface area is 112 Å². The van der Waals surface area contributed by atoms with Crippen LogP contribution in [0.25, 0.3) is 0 Å². The van der Waals surface area contributed by atoms with Gasteiger partial charge < -0.3 is 10.3 Å². The third-order valence-electron chi connectivity index (χ3n) is 2.82. The third-order valence-corrected chi connectivity index (χ3v) is 4.21. The van der Waals surface area contributed by atoms with Gasteiger partial charge in [0.25, 0.3) is 0 Å². The Balaban J connectivity index is 2.09. The zero-order valence-electron chi connectivity index (χ0n) is 10.9. The first-order chi connectivity index (χ1) is 8.58. The molecule has 100 valence electrons. The highest BCUT2D eigenvalue weighted by Crippen LogP contribution is 2.40. The van der Waals surface area contributed by atoms with Gasteiger partial charge in [-0.3, -0.25) is 4.79 Å². The first kappa shape index (κ1) is 13.4. The van der Waals surface area contributed by atoms with Crippen molar-refractivity contribution in [2.75, 3.05) is 5.75 Å². The van der Waals surface area contributed by atoms with Crippen molar-refractivity contribution >= 4 is 17.7 Å². The highest BCUT2D eigenvalue weighted by molar-refractivity contribution is 7.99. The van der Waals surface area contributed by atoms with Crippen molar-refractivity contribution < 1.29 is 4.79 Å². The smallest absolute Gasteiger partial charge is 0.219 e.